The SMILES string of the molecule is CNC(=O)c1ccc(N2CCCC(Cc3nnc4ccccn34)C2)nn1. The van der Waals surface area contributed by atoms with Crippen LogP contribution in [-0.2, 0) is 6.42 Å². The van der Waals surface area contributed by atoms with Crippen molar-refractivity contribution in [2.24, 2.45) is 5.92 Å². The molecule has 1 saturated heterocycles. The summed E-state index contributed by atoms with van der Waals surface area (Å²) in [4.78, 5) is 13.8. The molecule has 0 radical (unpaired) electrons. The van der Waals surface area contributed by atoms with Gasteiger partial charge in [0.05, 0.1) is 0 Å². The Kier molecular flexibility index (Phi) is 4.47. The third-order valence-electron chi connectivity index (χ3n) is 4.81. The summed E-state index contributed by atoms with van der Waals surface area (Å²) in [5.74, 6) is 2.07. The first-order valence-electron chi connectivity index (χ1n) is 8.84. The molecule has 0 bridgehead atoms. The van der Waals surface area contributed by atoms with Gasteiger partial charge in [-0.1, -0.05) is 6.07 Å². The fraction of sp³-hybridized carbons (Fsp3) is 0.389. The maximum atomic E-state index is 11.6. The van der Waals surface area contributed by atoms with Gasteiger partial charge in [0.1, 0.15) is 5.82 Å². The van der Waals surface area contributed by atoms with Crippen molar-refractivity contribution >= 4 is 17.4 Å². The Hall–Kier alpha value is -3.03. The van der Waals surface area contributed by atoms with E-state index in [2.05, 4.69) is 35.0 Å². The minimum absolute atomic E-state index is 0.223. The monoisotopic (exact) mass is 351 g/mol. The third-order valence-corrected chi connectivity index (χ3v) is 4.81. The standard InChI is InChI=1S/C18H21N7O/c1-19-18(26)14-7-8-15(21-20-14)24-9-4-5-13(12-24)11-17-23-22-16-6-2-3-10-25(16)17/h2-3,6-8,10,13H,4-5,9,11-12H2,1H3,(H,19,26). The zero-order valence-corrected chi connectivity index (χ0v) is 14.7. The van der Waals surface area contributed by atoms with Crippen molar-refractivity contribution in [1.82, 2.24) is 30.1 Å². The van der Waals surface area contributed by atoms with Gasteiger partial charge in [0.15, 0.2) is 17.2 Å². The van der Waals surface area contributed by atoms with Gasteiger partial charge >= 0.3 is 0 Å². The fourth-order valence-electron chi connectivity index (χ4n) is 3.47. The summed E-state index contributed by atoms with van der Waals surface area (Å²) >= 11 is 0. The molecule has 4 heterocycles. The first-order valence-corrected chi connectivity index (χ1v) is 8.84. The van der Waals surface area contributed by atoms with Crippen LogP contribution in [0.3, 0.4) is 0 Å². The van der Waals surface area contributed by atoms with Crippen LogP contribution < -0.4 is 10.2 Å². The number of hydrogen-bond acceptors (Lipinski definition) is 6. The number of nitrogens with one attached hydrogen (secondary N) is 1. The normalized spacial score (nSPS) is 17.4. The highest BCUT2D eigenvalue weighted by molar-refractivity contribution is 5.91. The molecule has 0 saturated carbocycles. The van der Waals surface area contributed by atoms with Gasteiger partial charge in [0, 0.05) is 32.8 Å². The van der Waals surface area contributed by atoms with Gasteiger partial charge in [-0.15, -0.1) is 20.4 Å². The minimum Gasteiger partial charge on any atom is -0.355 e. The molecule has 134 valence electrons. The molecule has 0 aliphatic carbocycles. The summed E-state index contributed by atoms with van der Waals surface area (Å²) < 4.78 is 2.05. The predicted molar refractivity (Wildman–Crippen MR) is 97.1 cm³/mol. The van der Waals surface area contributed by atoms with Crippen molar-refractivity contribution in [3.8, 4) is 0 Å². The van der Waals surface area contributed by atoms with Crippen LogP contribution in [0.4, 0.5) is 5.82 Å². The minimum atomic E-state index is -0.223. The molecule has 8 heteroatoms. The fourth-order valence-corrected chi connectivity index (χ4v) is 3.47. The van der Waals surface area contributed by atoms with Crippen molar-refractivity contribution in [1.29, 1.82) is 0 Å². The van der Waals surface area contributed by atoms with Gasteiger partial charge in [-0.05, 0) is 43.0 Å². The summed E-state index contributed by atoms with van der Waals surface area (Å²) in [6.45, 7) is 1.85. The molecule has 26 heavy (non-hydrogen) atoms. The highest BCUT2D eigenvalue weighted by Gasteiger charge is 2.23. The molecule has 3 aromatic rings. The third kappa shape index (κ3) is 3.22. The second kappa shape index (κ2) is 7.07. The topological polar surface area (TPSA) is 88.3 Å². The Balaban J connectivity index is 1.46. The number of fused-ring (bicyclic) bond motifs is 1. The van der Waals surface area contributed by atoms with E-state index in [0.29, 0.717) is 11.6 Å². The number of hydrogen-bond donors (Lipinski definition) is 1. The molecule has 0 aromatic carbocycles. The van der Waals surface area contributed by atoms with E-state index >= 15 is 0 Å². The summed E-state index contributed by atoms with van der Waals surface area (Å²) in [5.41, 5.74) is 1.21. The highest BCUT2D eigenvalue weighted by atomic mass is 16.1. The van der Waals surface area contributed by atoms with E-state index < -0.39 is 0 Å². The molecule has 4 rings (SSSR count). The molecule has 1 atom stereocenters. The summed E-state index contributed by atoms with van der Waals surface area (Å²) in [5, 5.41) is 19.4. The van der Waals surface area contributed by atoms with Crippen molar-refractivity contribution < 1.29 is 4.79 Å². The summed E-state index contributed by atoms with van der Waals surface area (Å²) in [7, 11) is 1.58. The number of amides is 1. The number of aromatic nitrogens is 5. The number of nitrogens with zero attached hydrogens (tertiary/aromatic N) is 6. The van der Waals surface area contributed by atoms with Crippen LogP contribution in [0.25, 0.3) is 5.65 Å². The first-order chi connectivity index (χ1) is 12.7. The second-order valence-electron chi connectivity index (χ2n) is 6.56. The van der Waals surface area contributed by atoms with E-state index in [1.54, 1.807) is 13.1 Å². The lowest BCUT2D eigenvalue weighted by atomic mass is 9.94. The molecule has 1 amide bonds. The van der Waals surface area contributed by atoms with Crippen LogP contribution in [0.1, 0.15) is 29.2 Å². The Morgan fingerprint density at radius 2 is 2.12 bits per heavy atom. The lowest BCUT2D eigenvalue weighted by Crippen LogP contribution is -2.37. The smallest absolute Gasteiger partial charge is 0.271 e. The lowest BCUT2D eigenvalue weighted by molar-refractivity contribution is 0.0957. The van der Waals surface area contributed by atoms with Gasteiger partial charge in [-0.25, -0.2) is 0 Å². The number of anilines is 1. The van der Waals surface area contributed by atoms with Crippen LogP contribution in [-0.4, -0.2) is 50.8 Å². The molecular weight excluding hydrogens is 330 g/mol. The summed E-state index contributed by atoms with van der Waals surface area (Å²) in [6.07, 6.45) is 5.14. The molecule has 0 spiro atoms. The number of rotatable bonds is 4. The maximum absolute atomic E-state index is 11.6. The van der Waals surface area contributed by atoms with E-state index in [4.69, 9.17) is 0 Å². The molecule has 1 N–H and O–H groups in total. The Labute approximate surface area is 151 Å². The number of carbonyl (C=O) groups excluding carboxylic acids is 1. The van der Waals surface area contributed by atoms with Gasteiger partial charge in [0.2, 0.25) is 0 Å². The van der Waals surface area contributed by atoms with Crippen molar-refractivity contribution in [2.45, 2.75) is 19.3 Å². The van der Waals surface area contributed by atoms with Crippen LogP contribution in [0, 0.1) is 5.92 Å². The van der Waals surface area contributed by atoms with Crippen LogP contribution in [0.15, 0.2) is 36.5 Å². The Morgan fingerprint density at radius 1 is 1.19 bits per heavy atom. The van der Waals surface area contributed by atoms with Gasteiger partial charge in [0.25, 0.3) is 5.91 Å². The molecule has 1 aliphatic rings. The van der Waals surface area contributed by atoms with Crippen molar-refractivity contribution in [3.63, 3.8) is 0 Å². The first kappa shape index (κ1) is 16.4. The van der Waals surface area contributed by atoms with E-state index in [1.807, 2.05) is 30.5 Å². The number of pyridine rings is 1. The maximum Gasteiger partial charge on any atom is 0.271 e. The lowest BCUT2D eigenvalue weighted by Gasteiger charge is -2.33. The van der Waals surface area contributed by atoms with E-state index in [9.17, 15) is 4.79 Å². The second-order valence-corrected chi connectivity index (χ2v) is 6.56. The number of piperidine rings is 1. The number of carbonyl (C=O) groups is 1. The van der Waals surface area contributed by atoms with Crippen LogP contribution >= 0.6 is 0 Å². The van der Waals surface area contributed by atoms with E-state index in [1.165, 1.54) is 0 Å². The molecule has 1 unspecified atom stereocenters. The molecule has 1 fully saturated rings. The van der Waals surface area contributed by atoms with E-state index in [0.717, 1.165) is 49.6 Å². The molecular formula is C18H21N7O. The van der Waals surface area contributed by atoms with Crippen molar-refractivity contribution in [2.75, 3.05) is 25.0 Å². The van der Waals surface area contributed by atoms with Crippen molar-refractivity contribution in [3.05, 3.63) is 48.0 Å². The Bertz CT molecular complexity index is 905. The molecule has 1 aliphatic heterocycles. The van der Waals surface area contributed by atoms with Crippen LogP contribution in [0.5, 0.6) is 0 Å². The quantitative estimate of drug-likeness (QED) is 0.763. The Morgan fingerprint density at radius 3 is 2.92 bits per heavy atom. The summed E-state index contributed by atoms with van der Waals surface area (Å²) in [6, 6.07) is 9.52. The zero-order chi connectivity index (χ0) is 17.9. The largest absolute Gasteiger partial charge is 0.355 e. The average Bonchev–Trinajstić information content (AvgIpc) is 3.11. The predicted octanol–water partition coefficient (Wildman–Crippen LogP) is 1.34. The molecule has 3 aromatic heterocycles. The van der Waals surface area contributed by atoms with Gasteiger partial charge in [-0.2, -0.15) is 0 Å². The average molecular weight is 351 g/mol. The van der Waals surface area contributed by atoms with Crippen LogP contribution in [0.2, 0.25) is 0 Å². The highest BCUT2D eigenvalue weighted by Crippen LogP contribution is 2.24. The van der Waals surface area contributed by atoms with Gasteiger partial charge in [-0.3, -0.25) is 9.20 Å². The zero-order valence-electron chi connectivity index (χ0n) is 14.7. The van der Waals surface area contributed by atoms with E-state index in [-0.39, 0.29) is 5.91 Å². The van der Waals surface area contributed by atoms with Gasteiger partial charge < -0.3 is 10.2 Å². The molecule has 8 nitrogen and oxygen atoms in total.